The van der Waals surface area contributed by atoms with Crippen LogP contribution in [-0.4, -0.2) is 149 Å². The van der Waals surface area contributed by atoms with Gasteiger partial charge in [0, 0.05) is 68.3 Å². The molecule has 15 atom stereocenters. The molecule has 1 amide bonds. The molecule has 3 aliphatic heterocycles. The van der Waals surface area contributed by atoms with Crippen molar-refractivity contribution in [3.63, 3.8) is 0 Å². The number of hydrogen-bond donors (Lipinski definition) is 5. The number of carbonyl (C=O) groups excluding carboxylic acids is 5. The molecule has 6 N–H and O–H groups in total. The van der Waals surface area contributed by atoms with Crippen molar-refractivity contribution < 1.29 is 63.0 Å². The Morgan fingerprint density at radius 1 is 0.884 bits per heavy atom. The van der Waals surface area contributed by atoms with E-state index in [-0.39, 0.29) is 67.3 Å². The zero-order chi connectivity index (χ0) is 62.3. The van der Waals surface area contributed by atoms with Crippen molar-refractivity contribution in [2.24, 2.45) is 35.5 Å². The average Bonchev–Trinajstić information content (AvgIpc) is 2.09. The third kappa shape index (κ3) is 14.9. The monoisotopic (exact) mass is 1190 g/mol. The second-order valence-electron chi connectivity index (χ2n) is 25.2. The number of aliphatic hydroxyl groups is 3. The number of methoxy groups -OCH3 is 2. The van der Waals surface area contributed by atoms with E-state index in [0.29, 0.717) is 97.3 Å². The number of ether oxygens (including phenoxy) is 5. The van der Waals surface area contributed by atoms with E-state index in [1.165, 1.54) is 18.3 Å². The number of H-pyrrole nitrogens is 1. The van der Waals surface area contributed by atoms with Crippen LogP contribution in [0.5, 0.6) is 5.75 Å². The molecule has 4 aliphatic rings. The number of aromatic amines is 1. The molecule has 1 saturated carbocycles. The highest BCUT2D eigenvalue weighted by atomic mass is 16.6. The molecule has 0 radical (unpaired) electrons. The number of cyclic esters (lactones) is 1. The second-order valence-corrected chi connectivity index (χ2v) is 25.2. The molecule has 2 bridgehead atoms. The molecule has 20 heteroatoms. The number of nitrogens with one attached hydrogen (secondary N) is 1. The number of ketones is 3. The van der Waals surface area contributed by atoms with Crippen LogP contribution in [0.15, 0.2) is 78.2 Å². The maximum Gasteiger partial charge on any atom is 0.329 e. The summed E-state index contributed by atoms with van der Waals surface area (Å²) in [5.41, 5.74) is 10.3. The largest absolute Gasteiger partial charge is 0.486 e. The average molecular weight is 1190 g/mol. The number of nitrogens with zero attached hydrogens (tertiary/aromatic N) is 5. The minimum Gasteiger partial charge on any atom is -0.486 e. The minimum atomic E-state index is -2.55. The molecule has 20 nitrogen and oxygen atoms in total. The van der Waals surface area contributed by atoms with Gasteiger partial charge in [-0.15, -0.1) is 0 Å². The highest BCUT2D eigenvalue weighted by Gasteiger charge is 2.53. The van der Waals surface area contributed by atoms with Crippen LogP contribution in [-0.2, 0) is 42.9 Å². The number of esters is 1. The van der Waals surface area contributed by atoms with Crippen molar-refractivity contribution in [2.45, 2.75) is 200 Å². The predicted octanol–water partition coefficient (Wildman–Crippen LogP) is 9.06. The zero-order valence-corrected chi connectivity index (χ0v) is 51.9. The molecular formula is C66H91N7O13. The lowest BCUT2D eigenvalue weighted by molar-refractivity contribution is -0.265. The third-order valence-electron chi connectivity index (χ3n) is 18.3. The number of piperidine rings is 1. The van der Waals surface area contributed by atoms with Crippen LogP contribution in [0, 0.1) is 35.5 Å². The van der Waals surface area contributed by atoms with Crippen LogP contribution in [0.1, 0.15) is 145 Å². The van der Waals surface area contributed by atoms with Gasteiger partial charge in [0.1, 0.15) is 59.8 Å². The summed E-state index contributed by atoms with van der Waals surface area (Å²) in [5.74, 6) is -7.70. The fourth-order valence-electron chi connectivity index (χ4n) is 13.0. The quantitative estimate of drug-likeness (QED) is 0.0593. The first-order valence-corrected chi connectivity index (χ1v) is 30.8. The summed E-state index contributed by atoms with van der Waals surface area (Å²) in [7, 11) is 2.94. The van der Waals surface area contributed by atoms with Gasteiger partial charge in [-0.1, -0.05) is 71.1 Å². The Morgan fingerprint density at radius 2 is 1.65 bits per heavy atom. The number of hydrogen-bond acceptors (Lipinski definition) is 17. The Morgan fingerprint density at radius 3 is 2.38 bits per heavy atom. The van der Waals surface area contributed by atoms with E-state index in [1.54, 1.807) is 34.0 Å². The number of nitrogens with two attached hydrogens (primary N) is 1. The van der Waals surface area contributed by atoms with E-state index in [1.807, 2.05) is 101 Å². The molecule has 1 aromatic carbocycles. The van der Waals surface area contributed by atoms with Crippen LogP contribution in [0.2, 0.25) is 0 Å². The summed E-state index contributed by atoms with van der Waals surface area (Å²) in [6, 6.07) is 6.43. The van der Waals surface area contributed by atoms with Gasteiger partial charge in [0.05, 0.1) is 29.4 Å². The summed E-state index contributed by atoms with van der Waals surface area (Å²) in [5, 5.41) is 41.0. The summed E-state index contributed by atoms with van der Waals surface area (Å²) >= 11 is 0. The number of anilines is 1. The summed E-state index contributed by atoms with van der Waals surface area (Å²) in [6.07, 6.45) is 11.4. The van der Waals surface area contributed by atoms with Crippen LogP contribution in [0.3, 0.4) is 0 Å². The fraction of sp³-hybridized carbons (Fsp3) is 0.606. The normalized spacial score (nSPS) is 33.6. The Bertz CT molecular complexity index is 3200. The first kappa shape index (κ1) is 65.6. The maximum atomic E-state index is 14.7. The van der Waals surface area contributed by atoms with Crippen molar-refractivity contribution in [2.75, 3.05) is 26.5 Å². The number of allylic oxidation sites excluding steroid dienone is 6. The highest BCUT2D eigenvalue weighted by Crippen LogP contribution is 2.40. The van der Waals surface area contributed by atoms with Crippen LogP contribution in [0.25, 0.3) is 33.3 Å². The molecule has 0 spiro atoms. The Balaban J connectivity index is 1.11. The lowest BCUT2D eigenvalue weighted by Crippen LogP contribution is -2.61. The molecule has 86 heavy (non-hydrogen) atoms. The Hall–Kier alpha value is -6.42. The third-order valence-corrected chi connectivity index (χ3v) is 18.3. The van der Waals surface area contributed by atoms with Crippen molar-refractivity contribution in [1.82, 2.24) is 29.6 Å². The molecule has 1 unspecified atom stereocenters. The van der Waals surface area contributed by atoms with Gasteiger partial charge in [-0.05, 0) is 145 Å². The number of rotatable bonds is 9. The number of fused-ring (bicyclic) bond motifs is 5. The SMILES string of the molecule is CO[C@@H]1C[C@@H](CC(C)[C@@H]2CC(=O)[C@H](C)/C=C(\C)[C@@H](O)[C@@H](OC)C(=O)[C@H](C)C[C@H](C)/C=C/C=C/C=C(/C)[C@H](Oc3ccc4[nH]c(-c5nn(C(C)C)c6ncnc(N)c56)cc4c3)C[C@@H]3CC[C@@H](C)[C@@](O)(O3)C(=O)C(=O)N3CCCC[C@H]3C(=O)O2)CC[C@H]1O. The zero-order valence-electron chi connectivity index (χ0n) is 51.9. The van der Waals surface area contributed by atoms with Crippen molar-refractivity contribution in [3.8, 4) is 17.1 Å². The number of aliphatic hydroxyl groups excluding tert-OH is 2. The van der Waals surface area contributed by atoms with Gasteiger partial charge in [-0.3, -0.25) is 19.2 Å². The van der Waals surface area contributed by atoms with E-state index in [0.717, 1.165) is 16.5 Å². The minimum absolute atomic E-state index is 0.000298. The smallest absolute Gasteiger partial charge is 0.329 e. The van der Waals surface area contributed by atoms with Gasteiger partial charge >= 0.3 is 5.97 Å². The van der Waals surface area contributed by atoms with Gasteiger partial charge < -0.3 is 54.6 Å². The summed E-state index contributed by atoms with van der Waals surface area (Å²) in [4.78, 5) is 85.8. The van der Waals surface area contributed by atoms with Gasteiger partial charge in [-0.2, -0.15) is 5.10 Å². The van der Waals surface area contributed by atoms with Crippen LogP contribution in [0.4, 0.5) is 5.82 Å². The molecular weight excluding hydrogens is 1100 g/mol. The fourth-order valence-corrected chi connectivity index (χ4v) is 13.0. The number of aromatic nitrogens is 5. The van der Waals surface area contributed by atoms with Gasteiger partial charge in [-0.25, -0.2) is 19.4 Å². The Kier molecular flexibility index (Phi) is 21.8. The van der Waals surface area contributed by atoms with Crippen molar-refractivity contribution in [3.05, 3.63) is 78.2 Å². The first-order chi connectivity index (χ1) is 40.9. The van der Waals surface area contributed by atoms with E-state index >= 15 is 0 Å². The van der Waals surface area contributed by atoms with Gasteiger partial charge in [0.25, 0.3) is 11.7 Å². The number of carbonyl (C=O) groups is 5. The topological polar surface area (TPSA) is 281 Å². The molecule has 4 aromatic rings. The number of amides is 1. The van der Waals surface area contributed by atoms with Crippen molar-refractivity contribution in [1.29, 1.82) is 0 Å². The summed E-state index contributed by atoms with van der Waals surface area (Å²) < 4.78 is 32.7. The van der Waals surface area contributed by atoms with Crippen molar-refractivity contribution >= 4 is 57.0 Å². The predicted molar refractivity (Wildman–Crippen MR) is 326 cm³/mol. The molecule has 3 fully saturated rings. The standard InChI is InChI=1S/C66H91N7O13/c1-36(2)73-63-56(62(67)68-35-69-63)57(71-73)49-32-45-31-46(23-24-48(45)70-49)84-53-33-47-22-20-43(9)66(81,86-47)61(78)64(79)72-26-16-15-19-50(72)65(80)85-54(40(6)29-44-21-25-51(74)55(30-44)82-10)34-52(75)39(5)28-42(8)59(77)60(83-11)58(76)41(7)27-37(3)17-13-12-14-18-38(53)4/h12-14,17-18,23-24,28,31-32,35-37,39-41,43-44,47,50-51,53-55,59-60,70,74,77,81H,15-16,19-22,25-27,29-30,33-34H2,1-11H3,(H2,67,68,69)/b14-12+,17-13+,38-18-,42-28+/t37-,39-,40?,41-,43-,44-,47+,50+,51-,53-,54+,55-,59-,60+,66-/m1/s1. The molecule has 8 rings (SSSR count). The number of nitrogen functional groups attached to an aromatic ring is 1. The van der Waals surface area contributed by atoms with E-state index in [9.17, 15) is 39.3 Å². The number of benzene rings is 1. The highest BCUT2D eigenvalue weighted by molar-refractivity contribution is 6.39. The first-order valence-electron chi connectivity index (χ1n) is 30.8. The molecule has 2 saturated heterocycles. The lowest BCUT2D eigenvalue weighted by atomic mass is 9.78. The van der Waals surface area contributed by atoms with E-state index < -0.39 is 83.9 Å². The molecule has 468 valence electrons. The van der Waals surface area contributed by atoms with Gasteiger partial charge in [0.2, 0.25) is 5.79 Å². The lowest BCUT2D eigenvalue weighted by Gasteiger charge is -2.43. The Labute approximate surface area is 505 Å². The van der Waals surface area contributed by atoms with E-state index in [4.69, 9.17) is 34.5 Å². The van der Waals surface area contributed by atoms with Crippen LogP contribution >= 0.6 is 0 Å². The molecule has 6 heterocycles. The number of Topliss-reactive ketones (excluding diaryl/α,β-unsaturated/α-hetero) is 3. The maximum absolute atomic E-state index is 14.7. The summed E-state index contributed by atoms with van der Waals surface area (Å²) in [6.45, 7) is 16.7. The second kappa shape index (κ2) is 28.6. The molecule has 3 aromatic heterocycles. The van der Waals surface area contributed by atoms with Crippen LogP contribution < -0.4 is 10.5 Å². The van der Waals surface area contributed by atoms with Gasteiger partial charge in [0.15, 0.2) is 11.4 Å². The molecule has 1 aliphatic carbocycles. The van der Waals surface area contributed by atoms with E-state index in [2.05, 4.69) is 15.0 Å².